The van der Waals surface area contributed by atoms with Crippen molar-refractivity contribution >= 4 is 46.4 Å². The fourth-order valence-corrected chi connectivity index (χ4v) is 12.3. The number of aromatic amines is 4. The highest BCUT2D eigenvalue weighted by molar-refractivity contribution is 6.36. The van der Waals surface area contributed by atoms with E-state index in [-0.39, 0.29) is 62.5 Å². The molecule has 8 aromatic heterocycles. The first-order chi connectivity index (χ1) is 53.5. The minimum atomic E-state index is -4.81. The van der Waals surface area contributed by atoms with Gasteiger partial charge in [0.25, 0.3) is 0 Å². The molecule has 4 N–H and O–H groups in total. The van der Waals surface area contributed by atoms with E-state index >= 15 is 0 Å². The number of para-hydroxylation sites is 3. The fraction of sp³-hybridized carbons (Fsp3) is 0.0617. The lowest BCUT2D eigenvalue weighted by Gasteiger charge is -2.11. The van der Waals surface area contributed by atoms with Gasteiger partial charge in [-0.15, -0.1) is 39.5 Å². The number of furan rings is 4. The van der Waals surface area contributed by atoms with E-state index in [1.807, 2.05) is 79.7 Å². The van der Waals surface area contributed by atoms with Gasteiger partial charge in [0.1, 0.15) is 51.1 Å². The lowest BCUT2D eigenvalue weighted by Crippen LogP contribution is -2.17. The number of hydrogen-bond acceptors (Lipinski definition) is 11. The summed E-state index contributed by atoms with van der Waals surface area (Å²) < 4.78 is 188. The molecule has 0 aliphatic carbocycles. The predicted octanol–water partition coefficient (Wildman–Crippen LogP) is 26.7. The molecule has 15 nitrogen and oxygen atoms in total. The Morgan fingerprint density at radius 1 is 0.321 bits per heavy atom. The molecule has 8 heterocycles. The van der Waals surface area contributed by atoms with Crippen LogP contribution in [0.5, 0.6) is 17.2 Å². The number of aromatic nitrogens is 8. The maximum absolute atomic E-state index is 13.2. The van der Waals surface area contributed by atoms with E-state index in [2.05, 4.69) is 54.1 Å². The number of nitrogens with zero attached hydrogens (tertiary/aromatic N) is 4. The summed E-state index contributed by atoms with van der Waals surface area (Å²) in [5.74, 6) is 2.85. The van der Waals surface area contributed by atoms with Crippen LogP contribution in [-0.4, -0.2) is 59.0 Å². The van der Waals surface area contributed by atoms with E-state index in [1.165, 1.54) is 78.9 Å². The monoisotopic (exact) mass is 1610 g/mol. The Labute approximate surface area is 646 Å². The van der Waals surface area contributed by atoms with Crippen LogP contribution in [0, 0.1) is 6.92 Å². The number of ether oxygens (including phenoxy) is 3. The average molecular weight is 1620 g/mol. The molecule has 16 rings (SSSR count). The molecule has 0 amide bonds. The van der Waals surface area contributed by atoms with Gasteiger partial charge < -0.3 is 51.8 Å². The van der Waals surface area contributed by atoms with Gasteiger partial charge in [0.05, 0.1) is 62.9 Å². The van der Waals surface area contributed by atoms with Crippen molar-refractivity contribution in [2.45, 2.75) is 32.2 Å². The van der Waals surface area contributed by atoms with Crippen molar-refractivity contribution in [3.63, 3.8) is 0 Å². The van der Waals surface area contributed by atoms with E-state index in [0.29, 0.717) is 89.2 Å². The number of alkyl halides is 12. The summed E-state index contributed by atoms with van der Waals surface area (Å²) in [6.07, 6.45) is -14.0. The lowest BCUT2D eigenvalue weighted by atomic mass is 10.1. The van der Waals surface area contributed by atoms with E-state index in [1.54, 1.807) is 104 Å². The van der Waals surface area contributed by atoms with Crippen molar-refractivity contribution in [2.75, 3.05) is 0 Å². The number of hydrogen-bond donors (Lipinski definition) is 4. The molecule has 112 heavy (non-hydrogen) atoms. The van der Waals surface area contributed by atoms with Crippen molar-refractivity contribution in [3.8, 4) is 154 Å². The van der Waals surface area contributed by atoms with E-state index in [0.717, 1.165) is 34.0 Å². The highest BCUT2D eigenvalue weighted by atomic mass is 35.5. The Bertz CT molecular complexity index is 5740. The Morgan fingerprint density at radius 2 is 0.670 bits per heavy atom. The van der Waals surface area contributed by atoms with Crippen LogP contribution in [0.3, 0.4) is 0 Å². The van der Waals surface area contributed by atoms with Crippen LogP contribution in [0.2, 0.25) is 20.2 Å². The maximum atomic E-state index is 13.2. The van der Waals surface area contributed by atoms with E-state index < -0.39 is 30.8 Å². The third-order valence-electron chi connectivity index (χ3n) is 16.2. The summed E-state index contributed by atoms with van der Waals surface area (Å²) in [5.41, 5.74) is 6.87. The molecule has 0 saturated carbocycles. The Kier molecular flexibility index (Phi) is 22.8. The zero-order chi connectivity index (χ0) is 79.1. The number of imidazole rings is 4. The van der Waals surface area contributed by atoms with Gasteiger partial charge in [-0.3, -0.25) is 0 Å². The third kappa shape index (κ3) is 19.0. The molecule has 0 unspecified atom stereocenters. The highest BCUT2D eigenvalue weighted by Gasteiger charge is 2.37. The van der Waals surface area contributed by atoms with Gasteiger partial charge in [-0.25, -0.2) is 19.9 Å². The molecule has 0 aliphatic heterocycles. The fourth-order valence-electron chi connectivity index (χ4n) is 11.3. The van der Waals surface area contributed by atoms with Crippen LogP contribution in [0.15, 0.2) is 279 Å². The molecule has 0 atom stereocenters. The average Bonchev–Trinajstić information content (AvgIpc) is 1.64. The number of rotatable bonds is 15. The molecule has 31 heteroatoms. The maximum Gasteiger partial charge on any atom is 0.573 e. The van der Waals surface area contributed by atoms with Gasteiger partial charge in [-0.1, -0.05) is 174 Å². The number of nitrogens with one attached hydrogen (secondary N) is 4. The van der Waals surface area contributed by atoms with Crippen molar-refractivity contribution in [1.82, 2.24) is 39.9 Å². The van der Waals surface area contributed by atoms with Crippen molar-refractivity contribution in [1.29, 1.82) is 0 Å². The van der Waals surface area contributed by atoms with Crippen LogP contribution in [0.4, 0.5) is 52.7 Å². The van der Waals surface area contributed by atoms with Crippen molar-refractivity contribution < 1.29 is 84.6 Å². The molecule has 16 aromatic rings. The molecule has 0 aliphatic rings. The van der Waals surface area contributed by atoms with E-state index in [4.69, 9.17) is 64.1 Å². The quantitative estimate of drug-likeness (QED) is 0.0713. The van der Waals surface area contributed by atoms with Crippen LogP contribution in [-0.2, 0) is 6.18 Å². The van der Waals surface area contributed by atoms with Crippen molar-refractivity contribution in [2.24, 2.45) is 0 Å². The van der Waals surface area contributed by atoms with Crippen LogP contribution in [0.25, 0.3) is 137 Å². The first-order valence-corrected chi connectivity index (χ1v) is 34.4. The predicted molar refractivity (Wildman–Crippen MR) is 398 cm³/mol. The molecule has 568 valence electrons. The van der Waals surface area contributed by atoms with Gasteiger partial charge in [-0.2, -0.15) is 13.2 Å². The van der Waals surface area contributed by atoms with Gasteiger partial charge >= 0.3 is 25.3 Å². The molecule has 0 saturated heterocycles. The lowest BCUT2D eigenvalue weighted by molar-refractivity contribution is -0.275. The summed E-state index contributed by atoms with van der Waals surface area (Å²) in [7, 11) is 0. The summed E-state index contributed by atoms with van der Waals surface area (Å²) in [5, 5.41) is 1.85. The zero-order valence-corrected chi connectivity index (χ0v) is 60.0. The van der Waals surface area contributed by atoms with Gasteiger partial charge in [0.2, 0.25) is 0 Å². The number of halogens is 16. The summed E-state index contributed by atoms with van der Waals surface area (Å²) in [6, 6.07) is 64.8. The number of benzene rings is 8. The molecule has 8 aromatic carbocycles. The van der Waals surface area contributed by atoms with Gasteiger partial charge in [0.15, 0.2) is 46.3 Å². The minimum Gasteiger partial charge on any atom is -0.453 e. The molecule has 0 fully saturated rings. The van der Waals surface area contributed by atoms with Crippen molar-refractivity contribution in [3.05, 3.63) is 293 Å². The third-order valence-corrected chi connectivity index (χ3v) is 17.4. The van der Waals surface area contributed by atoms with Gasteiger partial charge in [0, 0.05) is 37.9 Å². The Balaban J connectivity index is 0.000000131. The summed E-state index contributed by atoms with van der Waals surface area (Å²) in [6.45, 7) is 2.00. The molecule has 0 radical (unpaired) electrons. The largest absolute Gasteiger partial charge is 0.573 e. The molecular weight excluding hydrogens is 1570 g/mol. The summed E-state index contributed by atoms with van der Waals surface area (Å²) >= 11 is 24.5. The summed E-state index contributed by atoms with van der Waals surface area (Å²) in [4.78, 5) is 29.6. The Morgan fingerprint density at radius 3 is 1.09 bits per heavy atom. The van der Waals surface area contributed by atoms with Crippen LogP contribution in [0.1, 0.15) is 11.1 Å². The zero-order valence-electron chi connectivity index (χ0n) is 57.0. The number of aryl methyl sites for hydroxylation is 1. The minimum absolute atomic E-state index is 0.0304. The smallest absolute Gasteiger partial charge is 0.453 e. The molecule has 0 spiro atoms. The molecule has 0 bridgehead atoms. The highest BCUT2D eigenvalue weighted by Crippen LogP contribution is 2.44. The SMILES string of the molecule is Cc1ccccc1-c1cnc(-c2ccc(-c3ccccc3OC(F)(F)F)o2)[nH]1.FC(F)(F)Oc1ccccc1-c1ccc(-c2ncc(-c3ccc(Cl)cc3Cl)[nH]2)o1.FC(F)(F)Oc1ccccc1-c1ccc(-c2ncc(-c3ccccc3Cl)[nH]2)o1.FC(F)(F)c1ccccc1-c1ccc(-c2nc(-c3ccccc3)c(Cl)[nH]2)o1. The number of H-pyrrole nitrogens is 4. The van der Waals surface area contributed by atoms with Crippen LogP contribution < -0.4 is 14.2 Å². The van der Waals surface area contributed by atoms with E-state index in [9.17, 15) is 52.7 Å². The first-order valence-electron chi connectivity index (χ1n) is 32.9. The normalized spacial score (nSPS) is 11.6. The van der Waals surface area contributed by atoms with Crippen LogP contribution >= 0.6 is 46.4 Å². The Hall–Kier alpha value is -12.6. The second-order valence-corrected chi connectivity index (χ2v) is 25.4. The molecular formula is C81H50Cl4F12N8O7. The first kappa shape index (κ1) is 77.6. The standard InChI is InChI=1S/C21H15F3N2O2.C20H11Cl2F3N2O2.C20H12ClF3N2O2.C20H12ClF3N2O/c1-13-6-2-3-7-14(13)16-12-25-20(26-16)19-11-10-17(27-19)15-8-4-5-9-18(15)28-21(22,23)24;21-11-5-6-12(14(22)9-11)15-10-26-19(27-15)18-8-7-16(28-18)13-3-1-2-4-17(13)29-20(23,24)25;21-14-7-3-1-5-12(14)15-11-25-19(26-15)18-10-9-16(27-18)13-6-2-4-8-17(13)28-20(22,23)24;21-18-17(12-6-2-1-3-7-12)25-19(26-18)16-11-10-15(27-16)13-8-4-5-9-14(13)20(22,23)24/h2-12H,1H3,(H,25,26);1-10H,(H,26,27);1-11H,(H,25,26);1-11H,(H,25,26). The second-order valence-electron chi connectivity index (χ2n) is 23.8. The topological polar surface area (TPSA) is 195 Å². The second kappa shape index (κ2) is 32.9. The van der Waals surface area contributed by atoms with Gasteiger partial charge in [-0.05, 0) is 128 Å².